The molecular formula is C17H23FN2O3. The largest absolute Gasteiger partial charge is 0.481 e. The van der Waals surface area contributed by atoms with E-state index < -0.39 is 11.5 Å². The molecule has 0 unspecified atom stereocenters. The first-order valence-corrected chi connectivity index (χ1v) is 7.86. The van der Waals surface area contributed by atoms with E-state index in [1.165, 1.54) is 6.07 Å². The van der Waals surface area contributed by atoms with Gasteiger partial charge in [0.2, 0.25) is 0 Å². The smallest absolute Gasteiger partial charge is 0.315 e. The van der Waals surface area contributed by atoms with E-state index in [1.54, 1.807) is 32.0 Å². The minimum atomic E-state index is -0.840. The van der Waals surface area contributed by atoms with Crippen molar-refractivity contribution >= 4 is 12.0 Å². The molecule has 126 valence electrons. The van der Waals surface area contributed by atoms with Crippen LogP contribution in [0.25, 0.3) is 0 Å². The maximum Gasteiger partial charge on any atom is 0.315 e. The number of hydrogen-bond donors (Lipinski definition) is 3. The molecule has 1 saturated carbocycles. The number of carbonyl (C=O) groups is 2. The molecular weight excluding hydrogens is 299 g/mol. The van der Waals surface area contributed by atoms with E-state index in [1.807, 2.05) is 0 Å². The topological polar surface area (TPSA) is 78.4 Å². The van der Waals surface area contributed by atoms with Crippen molar-refractivity contribution in [3.8, 4) is 0 Å². The first kappa shape index (κ1) is 17.2. The molecule has 0 radical (unpaired) electrons. The minimum absolute atomic E-state index is 0.0398. The highest BCUT2D eigenvalue weighted by molar-refractivity contribution is 5.75. The summed E-state index contributed by atoms with van der Waals surface area (Å²) in [6, 6.07) is 5.94. The number of urea groups is 1. The number of amides is 2. The van der Waals surface area contributed by atoms with Crippen LogP contribution in [0.3, 0.4) is 0 Å². The average molecular weight is 322 g/mol. The Hall–Kier alpha value is -2.11. The maximum atomic E-state index is 13.9. The Bertz CT molecular complexity index is 581. The van der Waals surface area contributed by atoms with Crippen molar-refractivity contribution in [3.05, 3.63) is 35.6 Å². The quantitative estimate of drug-likeness (QED) is 0.797. The zero-order chi connectivity index (χ0) is 17.0. The number of benzene rings is 1. The Balaban J connectivity index is 1.90. The van der Waals surface area contributed by atoms with Crippen LogP contribution in [0.5, 0.6) is 0 Å². The second kappa shape index (κ2) is 6.98. The summed E-state index contributed by atoms with van der Waals surface area (Å²) in [7, 11) is 0. The average Bonchev–Trinajstić information content (AvgIpc) is 2.47. The molecule has 1 aromatic carbocycles. The van der Waals surface area contributed by atoms with Gasteiger partial charge in [0.1, 0.15) is 5.82 Å². The molecule has 0 aliphatic heterocycles. The lowest BCUT2D eigenvalue weighted by Crippen LogP contribution is -2.50. The molecule has 1 aliphatic carbocycles. The summed E-state index contributed by atoms with van der Waals surface area (Å²) in [5.74, 6) is -1.45. The maximum absolute atomic E-state index is 13.9. The normalized spacial score (nSPS) is 21.5. The SMILES string of the molecule is CC(C)(NC(=O)NC1CCC(C(=O)O)CC1)c1ccccc1F. The van der Waals surface area contributed by atoms with Crippen LogP contribution < -0.4 is 10.6 Å². The molecule has 1 aliphatic rings. The van der Waals surface area contributed by atoms with Crippen molar-refractivity contribution in [2.24, 2.45) is 5.92 Å². The summed E-state index contributed by atoms with van der Waals surface area (Å²) in [6.07, 6.45) is 2.42. The fourth-order valence-corrected chi connectivity index (χ4v) is 3.03. The van der Waals surface area contributed by atoms with Gasteiger partial charge in [-0.3, -0.25) is 4.79 Å². The molecule has 0 atom stereocenters. The third-order valence-corrected chi connectivity index (χ3v) is 4.38. The van der Waals surface area contributed by atoms with E-state index in [-0.39, 0.29) is 23.8 Å². The van der Waals surface area contributed by atoms with Crippen molar-refractivity contribution in [1.29, 1.82) is 0 Å². The predicted molar refractivity (Wildman–Crippen MR) is 84.5 cm³/mol. The summed E-state index contributed by atoms with van der Waals surface area (Å²) in [5, 5.41) is 14.6. The first-order chi connectivity index (χ1) is 10.8. The molecule has 6 heteroatoms. The van der Waals surface area contributed by atoms with Crippen LogP contribution in [0.4, 0.5) is 9.18 Å². The molecule has 1 aromatic rings. The van der Waals surface area contributed by atoms with Gasteiger partial charge in [-0.1, -0.05) is 18.2 Å². The highest BCUT2D eigenvalue weighted by Crippen LogP contribution is 2.25. The standard InChI is InChI=1S/C17H23FN2O3/c1-17(2,13-5-3-4-6-14(13)18)20-16(23)19-12-9-7-11(8-10-12)15(21)22/h3-6,11-12H,7-10H2,1-2H3,(H,21,22)(H2,19,20,23). The van der Waals surface area contributed by atoms with Gasteiger partial charge in [0, 0.05) is 11.6 Å². The monoisotopic (exact) mass is 322 g/mol. The van der Waals surface area contributed by atoms with Crippen LogP contribution in [-0.2, 0) is 10.3 Å². The lowest BCUT2D eigenvalue weighted by Gasteiger charge is -2.31. The van der Waals surface area contributed by atoms with E-state index in [4.69, 9.17) is 5.11 Å². The summed E-state index contributed by atoms with van der Waals surface area (Å²) >= 11 is 0. The molecule has 3 N–H and O–H groups in total. The molecule has 0 aromatic heterocycles. The van der Waals surface area contributed by atoms with E-state index in [0.29, 0.717) is 31.2 Å². The van der Waals surface area contributed by atoms with Gasteiger partial charge in [0.25, 0.3) is 0 Å². The summed E-state index contributed by atoms with van der Waals surface area (Å²) in [6.45, 7) is 3.48. The van der Waals surface area contributed by atoms with Gasteiger partial charge >= 0.3 is 12.0 Å². The van der Waals surface area contributed by atoms with Crippen LogP contribution in [0, 0.1) is 11.7 Å². The second-order valence-electron chi connectivity index (χ2n) is 6.59. The zero-order valence-electron chi connectivity index (χ0n) is 13.4. The molecule has 2 amide bonds. The fraction of sp³-hybridized carbons (Fsp3) is 0.529. The first-order valence-electron chi connectivity index (χ1n) is 7.86. The van der Waals surface area contributed by atoms with Gasteiger partial charge in [0.15, 0.2) is 0 Å². The number of aliphatic carboxylic acids is 1. The van der Waals surface area contributed by atoms with Crippen molar-refractivity contribution in [2.45, 2.75) is 51.1 Å². The molecule has 0 heterocycles. The predicted octanol–water partition coefficient (Wildman–Crippen LogP) is 3.00. The Morgan fingerprint density at radius 3 is 2.35 bits per heavy atom. The van der Waals surface area contributed by atoms with Gasteiger partial charge in [-0.15, -0.1) is 0 Å². The Morgan fingerprint density at radius 2 is 1.78 bits per heavy atom. The van der Waals surface area contributed by atoms with Crippen molar-refractivity contribution < 1.29 is 19.1 Å². The number of halogens is 1. The number of carboxylic acids is 1. The van der Waals surface area contributed by atoms with Crippen molar-refractivity contribution in [2.75, 3.05) is 0 Å². The number of rotatable bonds is 4. The van der Waals surface area contributed by atoms with Crippen molar-refractivity contribution in [1.82, 2.24) is 10.6 Å². The van der Waals surface area contributed by atoms with Crippen molar-refractivity contribution in [3.63, 3.8) is 0 Å². The Labute approximate surface area is 135 Å². The van der Waals surface area contributed by atoms with Gasteiger partial charge in [0.05, 0.1) is 11.5 Å². The van der Waals surface area contributed by atoms with E-state index in [0.717, 1.165) is 0 Å². The second-order valence-corrected chi connectivity index (χ2v) is 6.59. The fourth-order valence-electron chi connectivity index (χ4n) is 3.03. The summed E-state index contributed by atoms with van der Waals surface area (Å²) in [4.78, 5) is 23.1. The van der Waals surface area contributed by atoms with Gasteiger partial charge in [-0.25, -0.2) is 9.18 Å². The third kappa shape index (κ3) is 4.43. The highest BCUT2D eigenvalue weighted by atomic mass is 19.1. The van der Waals surface area contributed by atoms with E-state index in [2.05, 4.69) is 10.6 Å². The number of carbonyl (C=O) groups excluding carboxylic acids is 1. The molecule has 23 heavy (non-hydrogen) atoms. The lowest BCUT2D eigenvalue weighted by atomic mass is 9.86. The van der Waals surface area contributed by atoms with Gasteiger partial charge in [-0.05, 0) is 45.6 Å². The van der Waals surface area contributed by atoms with Crippen LogP contribution in [0.15, 0.2) is 24.3 Å². The van der Waals surface area contributed by atoms with E-state index >= 15 is 0 Å². The molecule has 0 bridgehead atoms. The minimum Gasteiger partial charge on any atom is -0.481 e. The Kier molecular flexibility index (Phi) is 5.23. The summed E-state index contributed by atoms with van der Waals surface area (Å²) < 4.78 is 13.9. The Morgan fingerprint density at radius 1 is 1.17 bits per heavy atom. The van der Waals surface area contributed by atoms with Crippen LogP contribution in [0.1, 0.15) is 45.1 Å². The number of nitrogens with one attached hydrogen (secondary N) is 2. The van der Waals surface area contributed by atoms with Gasteiger partial charge in [-0.2, -0.15) is 0 Å². The highest BCUT2D eigenvalue weighted by Gasteiger charge is 2.29. The third-order valence-electron chi connectivity index (χ3n) is 4.38. The molecule has 1 fully saturated rings. The number of hydrogen-bond acceptors (Lipinski definition) is 2. The zero-order valence-corrected chi connectivity index (χ0v) is 13.4. The molecule has 2 rings (SSSR count). The molecule has 0 spiro atoms. The number of carboxylic acid groups (broad SMARTS) is 1. The molecule has 0 saturated heterocycles. The molecule has 5 nitrogen and oxygen atoms in total. The van der Waals surface area contributed by atoms with Crippen LogP contribution in [0.2, 0.25) is 0 Å². The van der Waals surface area contributed by atoms with Gasteiger partial charge < -0.3 is 15.7 Å². The van der Waals surface area contributed by atoms with Crippen LogP contribution in [-0.4, -0.2) is 23.1 Å². The van der Waals surface area contributed by atoms with E-state index in [9.17, 15) is 14.0 Å². The summed E-state index contributed by atoms with van der Waals surface area (Å²) in [5.41, 5.74) is -0.419. The van der Waals surface area contributed by atoms with Crippen LogP contribution >= 0.6 is 0 Å². The lowest BCUT2D eigenvalue weighted by molar-refractivity contribution is -0.142.